The molecule has 0 aromatic carbocycles. The van der Waals surface area contributed by atoms with Gasteiger partial charge in [-0.15, -0.1) is 0 Å². The molecule has 1 fully saturated rings. The van der Waals surface area contributed by atoms with Gasteiger partial charge in [0.2, 0.25) is 11.8 Å². The molecule has 0 aliphatic carbocycles. The lowest BCUT2D eigenvalue weighted by molar-refractivity contribution is -0.144. The van der Waals surface area contributed by atoms with Crippen molar-refractivity contribution in [2.75, 3.05) is 6.54 Å². The zero-order chi connectivity index (χ0) is 16.2. The van der Waals surface area contributed by atoms with Crippen LogP contribution in [-0.2, 0) is 9.59 Å². The first kappa shape index (κ1) is 17.3. The molecule has 1 heterocycles. The van der Waals surface area contributed by atoms with Crippen molar-refractivity contribution in [3.8, 4) is 0 Å². The van der Waals surface area contributed by atoms with Crippen LogP contribution < -0.4 is 11.5 Å². The van der Waals surface area contributed by atoms with Gasteiger partial charge >= 0.3 is 0 Å². The minimum Gasteiger partial charge on any atom is -0.409 e. The van der Waals surface area contributed by atoms with Crippen molar-refractivity contribution < 1.29 is 14.8 Å². The van der Waals surface area contributed by atoms with Gasteiger partial charge in [0.25, 0.3) is 0 Å². The number of hydrogen-bond acceptors (Lipinski definition) is 4. The Morgan fingerprint density at radius 1 is 1.29 bits per heavy atom. The monoisotopic (exact) mass is 298 g/mol. The van der Waals surface area contributed by atoms with E-state index in [4.69, 9.17) is 16.7 Å². The first-order valence-electron chi connectivity index (χ1n) is 7.42. The third-order valence-electron chi connectivity index (χ3n) is 4.76. The molecule has 0 radical (unpaired) electrons. The molecule has 5 N–H and O–H groups in total. The van der Waals surface area contributed by atoms with Gasteiger partial charge in [-0.1, -0.05) is 19.0 Å². The number of carbonyl (C=O) groups excluding carboxylic acids is 2. The Morgan fingerprint density at radius 2 is 1.86 bits per heavy atom. The second kappa shape index (κ2) is 6.78. The van der Waals surface area contributed by atoms with Crippen LogP contribution in [0, 0.1) is 11.3 Å². The lowest BCUT2D eigenvalue weighted by Crippen LogP contribution is -2.57. The molecule has 2 amide bonds. The van der Waals surface area contributed by atoms with Gasteiger partial charge in [-0.25, -0.2) is 0 Å². The predicted octanol–water partition coefficient (Wildman–Crippen LogP) is 0.652. The summed E-state index contributed by atoms with van der Waals surface area (Å²) in [4.78, 5) is 26.0. The number of likely N-dealkylation sites (tertiary alicyclic amines) is 1. The Balaban J connectivity index is 3.10. The maximum absolute atomic E-state index is 13.0. The quantitative estimate of drug-likeness (QED) is 0.298. The Kier molecular flexibility index (Phi) is 5.57. The molecular formula is C14H26N4O3. The summed E-state index contributed by atoms with van der Waals surface area (Å²) >= 11 is 0. The number of hydrogen-bond donors (Lipinski definition) is 3. The average Bonchev–Trinajstić information content (AvgIpc) is 2.48. The van der Waals surface area contributed by atoms with Crippen molar-refractivity contribution in [2.24, 2.45) is 28.0 Å². The third kappa shape index (κ3) is 3.11. The van der Waals surface area contributed by atoms with Crippen LogP contribution in [-0.4, -0.2) is 40.3 Å². The van der Waals surface area contributed by atoms with E-state index in [1.807, 2.05) is 20.8 Å². The number of oxime groups is 1. The number of nitrogens with two attached hydrogens (primary N) is 2. The van der Waals surface area contributed by atoms with Crippen LogP contribution >= 0.6 is 0 Å². The van der Waals surface area contributed by atoms with E-state index < -0.39 is 5.41 Å². The van der Waals surface area contributed by atoms with Crippen molar-refractivity contribution in [1.29, 1.82) is 0 Å². The van der Waals surface area contributed by atoms with Crippen LogP contribution in [0.3, 0.4) is 0 Å². The number of primary amides is 1. The SMILES string of the molecule is CCC(CC)(C(=O)N1CC(C(N)=O)CCC1C)C(N)=NO. The Hall–Kier alpha value is -1.79. The molecule has 1 saturated heterocycles. The number of amides is 2. The number of rotatable bonds is 5. The summed E-state index contributed by atoms with van der Waals surface area (Å²) in [6.45, 7) is 5.91. The highest BCUT2D eigenvalue weighted by molar-refractivity contribution is 6.06. The van der Waals surface area contributed by atoms with Gasteiger partial charge in [-0.2, -0.15) is 0 Å². The molecule has 0 spiro atoms. The predicted molar refractivity (Wildman–Crippen MR) is 79.5 cm³/mol. The fourth-order valence-electron chi connectivity index (χ4n) is 3.02. The van der Waals surface area contributed by atoms with Crippen LogP contribution in [0.25, 0.3) is 0 Å². The summed E-state index contributed by atoms with van der Waals surface area (Å²) in [5.41, 5.74) is 10.1. The second-order valence-electron chi connectivity index (χ2n) is 5.76. The van der Waals surface area contributed by atoms with E-state index in [2.05, 4.69) is 5.16 Å². The highest BCUT2D eigenvalue weighted by atomic mass is 16.4. The molecule has 21 heavy (non-hydrogen) atoms. The number of amidine groups is 1. The van der Waals surface area contributed by atoms with Gasteiger partial charge in [0.05, 0.1) is 5.92 Å². The van der Waals surface area contributed by atoms with Gasteiger partial charge in [0.1, 0.15) is 5.41 Å². The van der Waals surface area contributed by atoms with Crippen LogP contribution in [0.2, 0.25) is 0 Å². The number of carbonyl (C=O) groups is 2. The Bertz CT molecular complexity index is 432. The molecule has 1 rings (SSSR count). The van der Waals surface area contributed by atoms with E-state index in [-0.39, 0.29) is 29.6 Å². The summed E-state index contributed by atoms with van der Waals surface area (Å²) in [6, 6.07) is 0.0112. The molecule has 2 atom stereocenters. The minimum absolute atomic E-state index is 0.0112. The Labute approximate surface area is 125 Å². The van der Waals surface area contributed by atoms with Crippen LogP contribution in [0.15, 0.2) is 5.16 Å². The topological polar surface area (TPSA) is 122 Å². The van der Waals surface area contributed by atoms with E-state index in [9.17, 15) is 9.59 Å². The number of nitrogens with zero attached hydrogens (tertiary/aromatic N) is 2. The lowest BCUT2D eigenvalue weighted by atomic mass is 9.78. The van der Waals surface area contributed by atoms with E-state index >= 15 is 0 Å². The fraction of sp³-hybridized carbons (Fsp3) is 0.786. The standard InChI is InChI=1S/C14H26N4O3/c1-4-14(5-2,12(16)17-21)13(20)18-8-10(11(15)19)7-6-9(18)3/h9-10,21H,4-8H2,1-3H3,(H2,15,19)(H2,16,17). The average molecular weight is 298 g/mol. The van der Waals surface area contributed by atoms with E-state index in [0.29, 0.717) is 25.8 Å². The van der Waals surface area contributed by atoms with Crippen LogP contribution in [0.5, 0.6) is 0 Å². The number of piperidine rings is 1. The smallest absolute Gasteiger partial charge is 0.236 e. The first-order chi connectivity index (χ1) is 9.83. The van der Waals surface area contributed by atoms with Gasteiger partial charge in [0, 0.05) is 12.6 Å². The second-order valence-corrected chi connectivity index (χ2v) is 5.76. The van der Waals surface area contributed by atoms with Crippen LogP contribution in [0.4, 0.5) is 0 Å². The summed E-state index contributed by atoms with van der Waals surface area (Å²) in [6.07, 6.45) is 2.28. The van der Waals surface area contributed by atoms with Gasteiger partial charge in [-0.3, -0.25) is 9.59 Å². The normalized spacial score (nSPS) is 24.0. The molecule has 0 saturated carbocycles. The fourth-order valence-corrected chi connectivity index (χ4v) is 3.02. The molecule has 0 aromatic heterocycles. The largest absolute Gasteiger partial charge is 0.409 e. The molecule has 1 aliphatic rings. The highest BCUT2D eigenvalue weighted by Gasteiger charge is 2.45. The van der Waals surface area contributed by atoms with Gasteiger partial charge in [-0.05, 0) is 32.6 Å². The van der Waals surface area contributed by atoms with Crippen molar-refractivity contribution in [2.45, 2.75) is 52.5 Å². The molecule has 0 aromatic rings. The maximum Gasteiger partial charge on any atom is 0.236 e. The molecule has 0 bridgehead atoms. The molecule has 2 unspecified atom stereocenters. The third-order valence-corrected chi connectivity index (χ3v) is 4.76. The van der Waals surface area contributed by atoms with Crippen molar-refractivity contribution in [3.05, 3.63) is 0 Å². The molecule has 120 valence electrons. The summed E-state index contributed by atoms with van der Waals surface area (Å²) in [5, 5.41) is 12.1. The summed E-state index contributed by atoms with van der Waals surface area (Å²) < 4.78 is 0. The van der Waals surface area contributed by atoms with Crippen molar-refractivity contribution >= 4 is 17.6 Å². The zero-order valence-corrected chi connectivity index (χ0v) is 13.0. The first-order valence-corrected chi connectivity index (χ1v) is 7.42. The molecular weight excluding hydrogens is 272 g/mol. The lowest BCUT2D eigenvalue weighted by Gasteiger charge is -2.42. The van der Waals surface area contributed by atoms with Crippen molar-refractivity contribution in [3.63, 3.8) is 0 Å². The summed E-state index contributed by atoms with van der Waals surface area (Å²) in [7, 11) is 0. The van der Waals surface area contributed by atoms with Gasteiger partial charge < -0.3 is 21.6 Å². The van der Waals surface area contributed by atoms with E-state index in [1.54, 1.807) is 4.90 Å². The summed E-state index contributed by atoms with van der Waals surface area (Å²) in [5.74, 6) is -0.988. The zero-order valence-electron chi connectivity index (χ0n) is 13.0. The van der Waals surface area contributed by atoms with Crippen LogP contribution in [0.1, 0.15) is 46.5 Å². The van der Waals surface area contributed by atoms with Crippen molar-refractivity contribution in [1.82, 2.24) is 4.90 Å². The van der Waals surface area contributed by atoms with E-state index in [1.165, 1.54) is 0 Å². The van der Waals surface area contributed by atoms with Gasteiger partial charge in [0.15, 0.2) is 5.84 Å². The molecule has 1 aliphatic heterocycles. The maximum atomic E-state index is 13.0. The minimum atomic E-state index is -1.03. The van der Waals surface area contributed by atoms with E-state index in [0.717, 1.165) is 6.42 Å². The Morgan fingerprint density at radius 3 is 2.29 bits per heavy atom. The molecule has 7 nitrogen and oxygen atoms in total. The highest BCUT2D eigenvalue weighted by Crippen LogP contribution is 2.33. The molecule has 7 heteroatoms.